The molecule has 0 unspecified atom stereocenters. The van der Waals surface area contributed by atoms with Gasteiger partial charge in [0.05, 0.1) is 6.61 Å². The van der Waals surface area contributed by atoms with Gasteiger partial charge in [-0.15, -0.1) is 0 Å². The molecule has 0 atom stereocenters. The Hall–Kier alpha value is -2.33. The summed E-state index contributed by atoms with van der Waals surface area (Å²) < 4.78 is 11.5. The van der Waals surface area contributed by atoms with Crippen LogP contribution in [-0.4, -0.2) is 37.1 Å². The molecular formula is C22H27NO3. The standard InChI is InChI=1S/C22H27NO3/c1-18-7-5-6-10-21(18)26-17-22(24)23-13-11-20(12-14-23)16-25-15-19-8-3-2-4-9-19/h2-10,20H,11-17H2,1H3. The normalized spacial score (nSPS) is 15.0. The lowest BCUT2D eigenvalue weighted by Gasteiger charge is -2.31. The number of hydrogen-bond acceptors (Lipinski definition) is 3. The molecule has 0 aliphatic carbocycles. The van der Waals surface area contributed by atoms with Gasteiger partial charge >= 0.3 is 0 Å². The molecule has 3 rings (SSSR count). The second-order valence-electron chi connectivity index (χ2n) is 6.88. The Labute approximate surface area is 155 Å². The summed E-state index contributed by atoms with van der Waals surface area (Å²) in [4.78, 5) is 14.3. The summed E-state index contributed by atoms with van der Waals surface area (Å²) in [5.74, 6) is 1.38. The number of piperidine rings is 1. The first-order valence-corrected chi connectivity index (χ1v) is 9.30. The quantitative estimate of drug-likeness (QED) is 0.759. The third-order valence-corrected chi connectivity index (χ3v) is 4.88. The van der Waals surface area contributed by atoms with E-state index in [2.05, 4.69) is 12.1 Å². The van der Waals surface area contributed by atoms with E-state index in [4.69, 9.17) is 9.47 Å². The van der Waals surface area contributed by atoms with E-state index in [0.29, 0.717) is 12.5 Å². The topological polar surface area (TPSA) is 38.8 Å². The van der Waals surface area contributed by atoms with Crippen LogP contribution in [0.3, 0.4) is 0 Å². The van der Waals surface area contributed by atoms with E-state index >= 15 is 0 Å². The minimum absolute atomic E-state index is 0.0666. The van der Waals surface area contributed by atoms with E-state index in [1.54, 1.807) is 0 Å². The molecule has 2 aromatic carbocycles. The molecule has 4 nitrogen and oxygen atoms in total. The zero-order chi connectivity index (χ0) is 18.2. The van der Waals surface area contributed by atoms with Crippen molar-refractivity contribution in [2.24, 2.45) is 5.92 Å². The number of rotatable bonds is 7. The Bertz CT molecular complexity index is 694. The maximum Gasteiger partial charge on any atom is 0.260 e. The molecule has 0 N–H and O–H groups in total. The van der Waals surface area contributed by atoms with Crippen LogP contribution in [0.5, 0.6) is 5.75 Å². The highest BCUT2D eigenvalue weighted by atomic mass is 16.5. The second kappa shape index (κ2) is 9.39. The van der Waals surface area contributed by atoms with Crippen molar-refractivity contribution >= 4 is 5.91 Å². The molecule has 0 spiro atoms. The van der Waals surface area contributed by atoms with Crippen molar-refractivity contribution < 1.29 is 14.3 Å². The van der Waals surface area contributed by atoms with Crippen molar-refractivity contribution in [1.82, 2.24) is 4.90 Å². The van der Waals surface area contributed by atoms with Crippen LogP contribution in [0.2, 0.25) is 0 Å². The molecule has 2 aromatic rings. The third kappa shape index (κ3) is 5.33. The first-order chi connectivity index (χ1) is 12.7. The molecule has 1 saturated heterocycles. The van der Waals surface area contributed by atoms with Crippen LogP contribution in [0.25, 0.3) is 0 Å². The number of para-hydroxylation sites is 1. The molecule has 0 radical (unpaired) electrons. The Morgan fingerprint density at radius 2 is 1.73 bits per heavy atom. The van der Waals surface area contributed by atoms with E-state index in [-0.39, 0.29) is 12.5 Å². The number of nitrogens with zero attached hydrogens (tertiary/aromatic N) is 1. The van der Waals surface area contributed by atoms with Crippen LogP contribution in [0.4, 0.5) is 0 Å². The lowest BCUT2D eigenvalue weighted by atomic mass is 9.98. The van der Waals surface area contributed by atoms with Crippen LogP contribution in [0.15, 0.2) is 54.6 Å². The summed E-state index contributed by atoms with van der Waals surface area (Å²) in [6.07, 6.45) is 1.98. The fourth-order valence-corrected chi connectivity index (χ4v) is 3.22. The fraction of sp³-hybridized carbons (Fsp3) is 0.409. The minimum Gasteiger partial charge on any atom is -0.484 e. The molecule has 1 aliphatic heterocycles. The van der Waals surface area contributed by atoms with Gasteiger partial charge in [-0.05, 0) is 42.9 Å². The van der Waals surface area contributed by atoms with Crippen molar-refractivity contribution in [3.05, 3.63) is 65.7 Å². The molecule has 1 fully saturated rings. The largest absolute Gasteiger partial charge is 0.484 e. The second-order valence-corrected chi connectivity index (χ2v) is 6.88. The number of hydrogen-bond donors (Lipinski definition) is 0. The number of amides is 1. The van der Waals surface area contributed by atoms with Crippen molar-refractivity contribution in [2.45, 2.75) is 26.4 Å². The molecule has 4 heteroatoms. The van der Waals surface area contributed by atoms with Gasteiger partial charge in [-0.2, -0.15) is 0 Å². The van der Waals surface area contributed by atoms with Gasteiger partial charge < -0.3 is 14.4 Å². The maximum absolute atomic E-state index is 12.4. The summed E-state index contributed by atoms with van der Waals surface area (Å²) >= 11 is 0. The molecule has 138 valence electrons. The SMILES string of the molecule is Cc1ccccc1OCC(=O)N1CCC(COCc2ccccc2)CC1. The summed E-state index contributed by atoms with van der Waals surface area (Å²) in [7, 11) is 0. The Kier molecular flexibility index (Phi) is 6.67. The lowest BCUT2D eigenvalue weighted by Crippen LogP contribution is -2.41. The van der Waals surface area contributed by atoms with Crippen molar-refractivity contribution in [1.29, 1.82) is 0 Å². The van der Waals surface area contributed by atoms with E-state index < -0.39 is 0 Å². The number of ether oxygens (including phenoxy) is 2. The van der Waals surface area contributed by atoms with Crippen molar-refractivity contribution in [2.75, 3.05) is 26.3 Å². The summed E-state index contributed by atoms with van der Waals surface area (Å²) in [5, 5.41) is 0. The van der Waals surface area contributed by atoms with Crippen molar-refractivity contribution in [3.63, 3.8) is 0 Å². The molecule has 26 heavy (non-hydrogen) atoms. The van der Waals surface area contributed by atoms with Gasteiger partial charge in [-0.25, -0.2) is 0 Å². The van der Waals surface area contributed by atoms with Gasteiger partial charge in [0.25, 0.3) is 5.91 Å². The summed E-state index contributed by atoms with van der Waals surface area (Å²) in [6.45, 7) is 5.09. The monoisotopic (exact) mass is 353 g/mol. The Balaban J connectivity index is 1.35. The lowest BCUT2D eigenvalue weighted by molar-refractivity contribution is -0.135. The molecular weight excluding hydrogens is 326 g/mol. The van der Waals surface area contributed by atoms with Crippen molar-refractivity contribution in [3.8, 4) is 5.75 Å². The number of carbonyl (C=O) groups is 1. The van der Waals surface area contributed by atoms with Gasteiger partial charge in [-0.1, -0.05) is 48.5 Å². The summed E-state index contributed by atoms with van der Waals surface area (Å²) in [6, 6.07) is 18.0. The highest BCUT2D eigenvalue weighted by Crippen LogP contribution is 2.19. The van der Waals surface area contributed by atoms with Crippen LogP contribution in [0, 0.1) is 12.8 Å². The predicted molar refractivity (Wildman–Crippen MR) is 102 cm³/mol. The number of carbonyl (C=O) groups excluding carboxylic acids is 1. The average Bonchev–Trinajstić information content (AvgIpc) is 2.68. The Morgan fingerprint density at radius 1 is 1.04 bits per heavy atom. The van der Waals surface area contributed by atoms with E-state index in [1.165, 1.54) is 5.56 Å². The molecule has 1 aliphatic rings. The van der Waals surface area contributed by atoms with E-state index in [1.807, 2.05) is 54.3 Å². The maximum atomic E-state index is 12.4. The molecule has 1 heterocycles. The molecule has 0 saturated carbocycles. The molecule has 1 amide bonds. The number of benzene rings is 2. The minimum atomic E-state index is 0.0666. The average molecular weight is 353 g/mol. The van der Waals surface area contributed by atoms with Crippen LogP contribution in [-0.2, 0) is 16.1 Å². The smallest absolute Gasteiger partial charge is 0.260 e. The Morgan fingerprint density at radius 3 is 2.46 bits per heavy atom. The highest BCUT2D eigenvalue weighted by molar-refractivity contribution is 5.77. The zero-order valence-electron chi connectivity index (χ0n) is 15.4. The highest BCUT2D eigenvalue weighted by Gasteiger charge is 2.23. The predicted octanol–water partition coefficient (Wildman–Crippen LogP) is 3.83. The zero-order valence-corrected chi connectivity index (χ0v) is 15.4. The van der Waals surface area contributed by atoms with Crippen LogP contribution >= 0.6 is 0 Å². The third-order valence-electron chi connectivity index (χ3n) is 4.88. The molecule has 0 bridgehead atoms. The molecule has 0 aromatic heterocycles. The van der Waals surface area contributed by atoms with Crippen LogP contribution in [0.1, 0.15) is 24.0 Å². The van der Waals surface area contributed by atoms with E-state index in [9.17, 15) is 4.79 Å². The van der Waals surface area contributed by atoms with Gasteiger partial charge in [0.15, 0.2) is 6.61 Å². The number of likely N-dealkylation sites (tertiary alicyclic amines) is 1. The van der Waals surface area contributed by atoms with Gasteiger partial charge in [0, 0.05) is 19.7 Å². The van der Waals surface area contributed by atoms with Gasteiger partial charge in [0.2, 0.25) is 0 Å². The van der Waals surface area contributed by atoms with Crippen LogP contribution < -0.4 is 4.74 Å². The first-order valence-electron chi connectivity index (χ1n) is 9.30. The van der Waals surface area contributed by atoms with E-state index in [0.717, 1.165) is 43.9 Å². The summed E-state index contributed by atoms with van der Waals surface area (Å²) in [5.41, 5.74) is 2.25. The van der Waals surface area contributed by atoms with Gasteiger partial charge in [0.1, 0.15) is 5.75 Å². The number of aryl methyl sites for hydroxylation is 1. The first kappa shape index (κ1) is 18.5. The fourth-order valence-electron chi connectivity index (χ4n) is 3.22. The van der Waals surface area contributed by atoms with Gasteiger partial charge in [-0.3, -0.25) is 4.79 Å².